The predicted molar refractivity (Wildman–Crippen MR) is 63.0 cm³/mol. The first-order valence-corrected chi connectivity index (χ1v) is 5.24. The first-order chi connectivity index (χ1) is 8.58. The van der Waals surface area contributed by atoms with Gasteiger partial charge in [0.2, 0.25) is 0 Å². The minimum atomic E-state index is -0.506. The largest absolute Gasteiger partial charge is 0.398 e. The van der Waals surface area contributed by atoms with Crippen LogP contribution >= 0.6 is 0 Å². The lowest BCUT2D eigenvalue weighted by Gasteiger charge is -2.07. The van der Waals surface area contributed by atoms with Crippen LogP contribution in [0, 0.1) is 5.82 Å². The van der Waals surface area contributed by atoms with E-state index < -0.39 is 11.7 Å². The fraction of sp³-hybridized carbons (Fsp3) is 0.182. The number of amides is 1. The van der Waals surface area contributed by atoms with Crippen molar-refractivity contribution in [3.8, 4) is 0 Å². The lowest BCUT2D eigenvalue weighted by atomic mass is 10.1. The molecule has 0 aliphatic rings. The van der Waals surface area contributed by atoms with E-state index in [4.69, 9.17) is 5.73 Å². The van der Waals surface area contributed by atoms with Crippen LogP contribution < -0.4 is 11.1 Å². The van der Waals surface area contributed by atoms with Crippen molar-refractivity contribution in [3.05, 3.63) is 41.7 Å². The molecule has 94 valence electrons. The number of carbonyl (C=O) groups is 1. The van der Waals surface area contributed by atoms with E-state index in [0.29, 0.717) is 5.82 Å². The number of hydrogen-bond acceptors (Lipinski definition) is 4. The number of rotatable bonds is 3. The van der Waals surface area contributed by atoms with Crippen molar-refractivity contribution in [1.29, 1.82) is 0 Å². The normalized spacial score (nSPS) is 10.3. The average Bonchev–Trinajstić information content (AvgIpc) is 2.75. The second kappa shape index (κ2) is 4.82. The van der Waals surface area contributed by atoms with Gasteiger partial charge in [0.05, 0.1) is 12.1 Å². The van der Waals surface area contributed by atoms with E-state index in [1.165, 1.54) is 18.5 Å². The monoisotopic (exact) mass is 249 g/mol. The van der Waals surface area contributed by atoms with Crippen molar-refractivity contribution in [3.63, 3.8) is 0 Å². The van der Waals surface area contributed by atoms with Crippen molar-refractivity contribution in [2.24, 2.45) is 7.05 Å². The third-order valence-electron chi connectivity index (χ3n) is 2.47. The summed E-state index contributed by atoms with van der Waals surface area (Å²) in [7, 11) is 1.76. The summed E-state index contributed by atoms with van der Waals surface area (Å²) in [4.78, 5) is 11.8. The quantitative estimate of drug-likeness (QED) is 0.774. The minimum Gasteiger partial charge on any atom is -0.398 e. The van der Waals surface area contributed by atoms with Crippen molar-refractivity contribution < 1.29 is 9.18 Å². The highest BCUT2D eigenvalue weighted by atomic mass is 19.1. The standard InChI is InChI=1S/C11H12FN5O/c1-17-6-15-16-10(17)5-14-11(18)8-4-7(12)2-3-9(8)13/h2-4,6H,5,13H2,1H3,(H,14,18). The summed E-state index contributed by atoms with van der Waals surface area (Å²) >= 11 is 0. The van der Waals surface area contributed by atoms with Crippen molar-refractivity contribution >= 4 is 11.6 Å². The molecule has 0 radical (unpaired) electrons. The van der Waals surface area contributed by atoms with E-state index in [9.17, 15) is 9.18 Å². The van der Waals surface area contributed by atoms with Gasteiger partial charge in [-0.1, -0.05) is 0 Å². The highest BCUT2D eigenvalue weighted by Crippen LogP contribution is 2.13. The predicted octanol–water partition coefficient (Wildman–Crippen LogP) is 0.466. The van der Waals surface area contributed by atoms with Gasteiger partial charge in [0.1, 0.15) is 12.1 Å². The number of nitrogens with zero attached hydrogens (tertiary/aromatic N) is 3. The summed E-state index contributed by atoms with van der Waals surface area (Å²) in [5.41, 5.74) is 5.95. The van der Waals surface area contributed by atoms with Crippen molar-refractivity contribution in [1.82, 2.24) is 20.1 Å². The molecule has 0 aliphatic carbocycles. The van der Waals surface area contributed by atoms with Crippen LogP contribution in [0.4, 0.5) is 10.1 Å². The smallest absolute Gasteiger partial charge is 0.253 e. The fourth-order valence-electron chi connectivity index (χ4n) is 1.45. The number of carbonyl (C=O) groups excluding carboxylic acids is 1. The Hall–Kier alpha value is -2.44. The maximum Gasteiger partial charge on any atom is 0.253 e. The Morgan fingerprint density at radius 2 is 2.33 bits per heavy atom. The molecule has 0 saturated carbocycles. The highest BCUT2D eigenvalue weighted by Gasteiger charge is 2.11. The van der Waals surface area contributed by atoms with E-state index in [1.807, 2.05) is 0 Å². The molecule has 0 bridgehead atoms. The van der Waals surface area contributed by atoms with Gasteiger partial charge < -0.3 is 15.6 Å². The lowest BCUT2D eigenvalue weighted by Crippen LogP contribution is -2.25. The molecular formula is C11H12FN5O. The Kier molecular flexibility index (Phi) is 3.22. The second-order valence-electron chi connectivity index (χ2n) is 3.77. The number of aromatic nitrogens is 3. The molecular weight excluding hydrogens is 237 g/mol. The molecule has 0 spiro atoms. The number of nitrogens with two attached hydrogens (primary N) is 1. The lowest BCUT2D eigenvalue weighted by molar-refractivity contribution is 0.0950. The van der Waals surface area contributed by atoms with Crippen LogP contribution in [0.5, 0.6) is 0 Å². The molecule has 1 aromatic heterocycles. The van der Waals surface area contributed by atoms with E-state index >= 15 is 0 Å². The molecule has 2 rings (SSSR count). The van der Waals surface area contributed by atoms with Gasteiger partial charge >= 0.3 is 0 Å². The molecule has 7 heteroatoms. The van der Waals surface area contributed by atoms with E-state index in [-0.39, 0.29) is 17.8 Å². The van der Waals surface area contributed by atoms with Gasteiger partial charge in [-0.15, -0.1) is 10.2 Å². The maximum absolute atomic E-state index is 13.0. The van der Waals surface area contributed by atoms with Gasteiger partial charge in [-0.05, 0) is 18.2 Å². The Bertz CT molecular complexity index is 581. The first-order valence-electron chi connectivity index (χ1n) is 5.24. The Balaban J connectivity index is 2.08. The number of nitrogens with one attached hydrogen (secondary N) is 1. The van der Waals surface area contributed by atoms with Crippen LogP contribution in [0.15, 0.2) is 24.5 Å². The minimum absolute atomic E-state index is 0.108. The summed E-state index contributed by atoms with van der Waals surface area (Å²) in [5.74, 6) is -0.360. The molecule has 3 N–H and O–H groups in total. The summed E-state index contributed by atoms with van der Waals surface area (Å²) in [6.07, 6.45) is 1.53. The first kappa shape index (κ1) is 12.0. The number of hydrogen-bond donors (Lipinski definition) is 2. The van der Waals surface area contributed by atoms with E-state index in [1.54, 1.807) is 11.6 Å². The Labute approximate surface area is 103 Å². The molecule has 6 nitrogen and oxygen atoms in total. The summed E-state index contributed by atoms with van der Waals surface area (Å²) in [6.45, 7) is 0.200. The maximum atomic E-state index is 13.0. The van der Waals surface area contributed by atoms with E-state index in [0.717, 1.165) is 6.07 Å². The van der Waals surface area contributed by atoms with Crippen LogP contribution in [-0.4, -0.2) is 20.7 Å². The summed E-state index contributed by atoms with van der Waals surface area (Å²) in [6, 6.07) is 3.66. The topological polar surface area (TPSA) is 85.8 Å². The van der Waals surface area contributed by atoms with E-state index in [2.05, 4.69) is 15.5 Å². The van der Waals surface area contributed by atoms with Gasteiger partial charge in [0, 0.05) is 12.7 Å². The molecule has 0 atom stereocenters. The molecule has 18 heavy (non-hydrogen) atoms. The zero-order valence-corrected chi connectivity index (χ0v) is 9.72. The molecule has 0 aliphatic heterocycles. The second-order valence-corrected chi connectivity index (χ2v) is 3.77. The van der Waals surface area contributed by atoms with Crippen LogP contribution in [0.2, 0.25) is 0 Å². The Morgan fingerprint density at radius 1 is 1.56 bits per heavy atom. The van der Waals surface area contributed by atoms with Gasteiger partial charge in [0.25, 0.3) is 5.91 Å². The molecule has 1 heterocycles. The van der Waals surface area contributed by atoms with Gasteiger partial charge in [0.15, 0.2) is 5.82 Å². The third kappa shape index (κ3) is 2.45. The molecule has 2 aromatic rings. The third-order valence-corrected chi connectivity index (χ3v) is 2.47. The zero-order valence-electron chi connectivity index (χ0n) is 9.72. The number of aryl methyl sites for hydroxylation is 1. The number of nitrogen functional groups attached to an aromatic ring is 1. The number of anilines is 1. The van der Waals surface area contributed by atoms with Gasteiger partial charge in [-0.25, -0.2) is 4.39 Å². The molecule has 0 fully saturated rings. The van der Waals surface area contributed by atoms with Crippen LogP contribution in [-0.2, 0) is 13.6 Å². The van der Waals surface area contributed by atoms with Crippen molar-refractivity contribution in [2.75, 3.05) is 5.73 Å². The summed E-state index contributed by atoms with van der Waals surface area (Å²) in [5, 5.41) is 10.1. The fourth-order valence-corrected chi connectivity index (χ4v) is 1.45. The molecule has 1 aromatic carbocycles. The Morgan fingerprint density at radius 3 is 3.00 bits per heavy atom. The molecule has 0 unspecified atom stereocenters. The van der Waals surface area contributed by atoms with Gasteiger partial charge in [-0.3, -0.25) is 4.79 Å². The molecule has 1 amide bonds. The summed E-state index contributed by atoms with van der Waals surface area (Å²) < 4.78 is 14.7. The van der Waals surface area contributed by atoms with Crippen LogP contribution in [0.1, 0.15) is 16.2 Å². The number of halogens is 1. The van der Waals surface area contributed by atoms with Crippen molar-refractivity contribution in [2.45, 2.75) is 6.54 Å². The van der Waals surface area contributed by atoms with Crippen LogP contribution in [0.3, 0.4) is 0 Å². The highest BCUT2D eigenvalue weighted by molar-refractivity contribution is 5.99. The average molecular weight is 249 g/mol. The molecule has 0 saturated heterocycles. The SMILES string of the molecule is Cn1cnnc1CNC(=O)c1cc(F)ccc1N. The van der Waals surface area contributed by atoms with Gasteiger partial charge in [-0.2, -0.15) is 0 Å². The number of benzene rings is 1. The zero-order chi connectivity index (χ0) is 13.1. The van der Waals surface area contributed by atoms with Crippen LogP contribution in [0.25, 0.3) is 0 Å².